The number of Topliss-reactive ketones (excluding diaryl/α,β-unsaturated/α-hetero) is 1. The maximum Gasteiger partial charge on any atom is 0.306 e. The summed E-state index contributed by atoms with van der Waals surface area (Å²) in [6, 6.07) is 0. The highest BCUT2D eigenvalue weighted by Gasteiger charge is 2.63. The molecule has 0 spiro atoms. The second-order valence-electron chi connectivity index (χ2n) is 10.7. The number of rotatable bonds is 5. The van der Waals surface area contributed by atoms with Gasteiger partial charge in [0.1, 0.15) is 11.9 Å². The van der Waals surface area contributed by atoms with Gasteiger partial charge in [0.15, 0.2) is 5.78 Å². The van der Waals surface area contributed by atoms with Crippen LogP contribution in [0.1, 0.15) is 78.6 Å². The molecule has 0 aromatic heterocycles. The van der Waals surface area contributed by atoms with Gasteiger partial charge in [-0.15, -0.1) is 0 Å². The van der Waals surface area contributed by atoms with Crippen LogP contribution in [0.4, 0.5) is 0 Å². The van der Waals surface area contributed by atoms with Gasteiger partial charge in [0, 0.05) is 24.2 Å². The molecule has 0 radical (unpaired) electrons. The third-order valence-electron chi connectivity index (χ3n) is 9.18. The van der Waals surface area contributed by atoms with Crippen molar-refractivity contribution in [3.8, 4) is 0 Å². The third kappa shape index (κ3) is 3.66. The molecule has 0 aromatic rings. The van der Waals surface area contributed by atoms with Crippen LogP contribution in [0.15, 0.2) is 11.6 Å². The number of allylic oxidation sites excluding steroid dienone is 1. The maximum atomic E-state index is 12.6. The first kappa shape index (κ1) is 22.2. The average molecular weight is 430 g/mol. The Morgan fingerprint density at radius 2 is 1.87 bits per heavy atom. The minimum atomic E-state index is -1.27. The van der Waals surface area contributed by atoms with Crippen LogP contribution in [-0.2, 0) is 23.9 Å². The molecule has 0 bridgehead atoms. The third-order valence-corrected chi connectivity index (χ3v) is 9.18. The summed E-state index contributed by atoms with van der Waals surface area (Å²) in [5, 5.41) is 10.8. The van der Waals surface area contributed by atoms with Crippen molar-refractivity contribution in [3.63, 3.8) is 0 Å². The standard InChI is InChI=1S/C25H34O6/c1-14(26)18-6-7-19-17-5-4-15-12-16(27)10-11-24(15,2)23(17)20(13-25(18,19)3)31-22(30)9-8-21(28)29/h12,17-20,23H,4-11,13H2,1-3H3,(H,28,29)/p-1/t17-,18+,19+,20+,23-,24-,25+/m0/s1. The molecule has 0 saturated heterocycles. The van der Waals surface area contributed by atoms with Crippen molar-refractivity contribution in [2.75, 3.05) is 0 Å². The Bertz CT molecular complexity index is 843. The van der Waals surface area contributed by atoms with E-state index in [0.29, 0.717) is 24.7 Å². The number of carbonyl (C=O) groups excluding carboxylic acids is 4. The second-order valence-corrected chi connectivity index (χ2v) is 10.7. The van der Waals surface area contributed by atoms with Crippen molar-refractivity contribution in [2.45, 2.75) is 84.7 Å². The zero-order chi connectivity index (χ0) is 22.6. The van der Waals surface area contributed by atoms with Crippen LogP contribution in [0.5, 0.6) is 0 Å². The highest BCUT2D eigenvalue weighted by molar-refractivity contribution is 5.91. The van der Waals surface area contributed by atoms with E-state index in [1.54, 1.807) is 6.92 Å². The van der Waals surface area contributed by atoms with Crippen molar-refractivity contribution < 1.29 is 29.0 Å². The number of carboxylic acid groups (broad SMARTS) is 1. The molecule has 31 heavy (non-hydrogen) atoms. The molecular formula is C25H33O6-. The van der Waals surface area contributed by atoms with Gasteiger partial charge in [-0.1, -0.05) is 19.4 Å². The maximum absolute atomic E-state index is 12.6. The second kappa shape index (κ2) is 7.86. The predicted molar refractivity (Wildman–Crippen MR) is 110 cm³/mol. The Labute approximate surface area is 183 Å². The minimum Gasteiger partial charge on any atom is -0.550 e. The summed E-state index contributed by atoms with van der Waals surface area (Å²) < 4.78 is 6.00. The molecular weight excluding hydrogens is 396 g/mol. The summed E-state index contributed by atoms with van der Waals surface area (Å²) in [5.74, 6) is -0.602. The molecule has 0 unspecified atom stereocenters. The van der Waals surface area contributed by atoms with Gasteiger partial charge in [-0.3, -0.25) is 14.4 Å². The minimum absolute atomic E-state index is 0.0273. The van der Waals surface area contributed by atoms with Gasteiger partial charge < -0.3 is 14.6 Å². The Morgan fingerprint density at radius 3 is 2.55 bits per heavy atom. The van der Waals surface area contributed by atoms with E-state index in [-0.39, 0.29) is 53.2 Å². The van der Waals surface area contributed by atoms with Crippen molar-refractivity contribution in [1.82, 2.24) is 0 Å². The number of carbonyl (C=O) groups is 4. The summed E-state index contributed by atoms with van der Waals surface area (Å²) in [4.78, 5) is 48.0. The molecule has 0 N–H and O–H groups in total. The van der Waals surface area contributed by atoms with E-state index in [1.165, 1.54) is 5.57 Å². The van der Waals surface area contributed by atoms with E-state index >= 15 is 0 Å². The predicted octanol–water partition coefficient (Wildman–Crippen LogP) is 2.78. The molecule has 0 heterocycles. The summed E-state index contributed by atoms with van der Waals surface area (Å²) in [7, 11) is 0. The van der Waals surface area contributed by atoms with Gasteiger partial charge in [-0.25, -0.2) is 0 Å². The first-order valence-electron chi connectivity index (χ1n) is 11.7. The van der Waals surface area contributed by atoms with Crippen LogP contribution in [0.2, 0.25) is 0 Å². The number of ether oxygens (including phenoxy) is 1. The lowest BCUT2D eigenvalue weighted by molar-refractivity contribution is -0.305. The first-order chi connectivity index (χ1) is 14.6. The van der Waals surface area contributed by atoms with E-state index in [1.807, 2.05) is 6.08 Å². The number of esters is 1. The van der Waals surface area contributed by atoms with Crippen molar-refractivity contribution in [1.29, 1.82) is 0 Å². The van der Waals surface area contributed by atoms with Crippen molar-refractivity contribution in [3.05, 3.63) is 11.6 Å². The van der Waals surface area contributed by atoms with Crippen LogP contribution in [-0.4, -0.2) is 29.6 Å². The SMILES string of the molecule is CC(=O)[C@H]1CC[C@@H]2[C@@H]3CCC4=CC(=O)CC[C@]4(C)[C@@H]3[C@H](OC(=O)CCC(=O)[O-])C[C@]12C. The van der Waals surface area contributed by atoms with Crippen LogP contribution in [0, 0.1) is 34.5 Å². The van der Waals surface area contributed by atoms with E-state index in [0.717, 1.165) is 32.1 Å². The van der Waals surface area contributed by atoms with Crippen LogP contribution in [0.3, 0.4) is 0 Å². The number of carboxylic acids is 1. The zero-order valence-corrected chi connectivity index (χ0v) is 18.8. The molecule has 170 valence electrons. The highest BCUT2D eigenvalue weighted by atomic mass is 16.5. The zero-order valence-electron chi connectivity index (χ0n) is 18.8. The van der Waals surface area contributed by atoms with E-state index in [2.05, 4.69) is 13.8 Å². The van der Waals surface area contributed by atoms with E-state index in [4.69, 9.17) is 4.74 Å². The lowest BCUT2D eigenvalue weighted by Gasteiger charge is -2.60. The van der Waals surface area contributed by atoms with E-state index in [9.17, 15) is 24.3 Å². The summed E-state index contributed by atoms with van der Waals surface area (Å²) in [6.45, 7) is 6.07. The molecule has 0 aromatic carbocycles. The highest BCUT2D eigenvalue weighted by Crippen LogP contribution is 2.67. The quantitative estimate of drug-likeness (QED) is 0.623. The van der Waals surface area contributed by atoms with Crippen LogP contribution in [0.25, 0.3) is 0 Å². The summed E-state index contributed by atoms with van der Waals surface area (Å²) in [6.07, 6.45) is 6.48. The number of ketones is 2. The number of hydrogen-bond donors (Lipinski definition) is 0. The molecule has 7 atom stereocenters. The van der Waals surface area contributed by atoms with Gasteiger partial charge in [0.2, 0.25) is 0 Å². The van der Waals surface area contributed by atoms with Gasteiger partial charge in [0.25, 0.3) is 0 Å². The normalized spacial score (nSPS) is 41.5. The van der Waals surface area contributed by atoms with E-state index < -0.39 is 11.9 Å². The number of aliphatic carboxylic acids is 1. The fourth-order valence-electron chi connectivity index (χ4n) is 7.86. The Morgan fingerprint density at radius 1 is 1.13 bits per heavy atom. The monoisotopic (exact) mass is 429 g/mol. The summed E-state index contributed by atoms with van der Waals surface area (Å²) >= 11 is 0. The summed E-state index contributed by atoms with van der Waals surface area (Å²) in [5.41, 5.74) is 0.755. The molecule has 3 saturated carbocycles. The Hall–Kier alpha value is -1.98. The number of fused-ring (bicyclic) bond motifs is 5. The molecule has 4 rings (SSSR count). The lowest BCUT2D eigenvalue weighted by Crippen LogP contribution is -2.58. The van der Waals surface area contributed by atoms with Gasteiger partial charge in [0.05, 0.1) is 6.42 Å². The number of hydrogen-bond acceptors (Lipinski definition) is 6. The Kier molecular flexibility index (Phi) is 5.63. The lowest BCUT2D eigenvalue weighted by atomic mass is 9.46. The molecule has 3 fully saturated rings. The van der Waals surface area contributed by atoms with Crippen molar-refractivity contribution >= 4 is 23.5 Å². The van der Waals surface area contributed by atoms with Gasteiger partial charge in [-0.2, -0.15) is 0 Å². The molecule has 6 nitrogen and oxygen atoms in total. The smallest absolute Gasteiger partial charge is 0.306 e. The molecule has 0 amide bonds. The largest absolute Gasteiger partial charge is 0.550 e. The van der Waals surface area contributed by atoms with Gasteiger partial charge in [-0.05, 0) is 80.6 Å². The average Bonchev–Trinajstić information content (AvgIpc) is 3.03. The molecule has 4 aliphatic carbocycles. The van der Waals surface area contributed by atoms with Gasteiger partial charge >= 0.3 is 5.97 Å². The fraction of sp³-hybridized carbons (Fsp3) is 0.760. The fourth-order valence-corrected chi connectivity index (χ4v) is 7.86. The molecule has 4 aliphatic rings. The molecule has 0 aliphatic heterocycles. The topological polar surface area (TPSA) is 101 Å². The Balaban J connectivity index is 1.70. The molecule has 6 heteroatoms. The van der Waals surface area contributed by atoms with Crippen LogP contribution < -0.4 is 5.11 Å². The van der Waals surface area contributed by atoms with Crippen molar-refractivity contribution in [2.24, 2.45) is 34.5 Å². The van der Waals surface area contributed by atoms with Crippen LogP contribution >= 0.6 is 0 Å². The first-order valence-corrected chi connectivity index (χ1v) is 11.7.